The van der Waals surface area contributed by atoms with Crippen LogP contribution in [0.25, 0.3) is 33.2 Å². The Morgan fingerprint density at radius 1 is 0.976 bits per heavy atom. The van der Waals surface area contributed by atoms with Crippen molar-refractivity contribution in [3.63, 3.8) is 0 Å². The molecule has 4 aromatic rings. The second-order valence-electron chi connectivity index (χ2n) is 11.4. The van der Waals surface area contributed by atoms with E-state index in [-0.39, 0.29) is 38.0 Å². The SMILES string of the molecule is CC(C)(C)OC(=O)NCc1cc2cc(-c3ccc(C(=S)N4CCC(F)(F)CC4)cc3)cc(-c3ccc(F)cc3F)c2o1. The van der Waals surface area contributed by atoms with Gasteiger partial charge in [0.05, 0.1) is 6.54 Å². The molecule has 1 N–H and O–H groups in total. The van der Waals surface area contributed by atoms with E-state index in [1.807, 2.05) is 30.3 Å². The maximum absolute atomic E-state index is 15.0. The third kappa shape index (κ3) is 6.75. The molecule has 220 valence electrons. The second kappa shape index (κ2) is 11.4. The molecule has 0 atom stereocenters. The van der Waals surface area contributed by atoms with E-state index in [2.05, 4.69) is 5.32 Å². The van der Waals surface area contributed by atoms with Crippen molar-refractivity contribution < 1.29 is 31.5 Å². The van der Waals surface area contributed by atoms with Gasteiger partial charge in [-0.2, -0.15) is 0 Å². The predicted octanol–water partition coefficient (Wildman–Crippen LogP) is 8.48. The van der Waals surface area contributed by atoms with Crippen LogP contribution in [0.2, 0.25) is 0 Å². The van der Waals surface area contributed by atoms with Crippen LogP contribution < -0.4 is 5.32 Å². The first-order valence-corrected chi connectivity index (χ1v) is 14.0. The Kier molecular flexibility index (Phi) is 8.02. The monoisotopic (exact) mass is 598 g/mol. The highest BCUT2D eigenvalue weighted by atomic mass is 32.1. The van der Waals surface area contributed by atoms with Crippen molar-refractivity contribution in [2.45, 2.75) is 51.7 Å². The summed E-state index contributed by atoms with van der Waals surface area (Å²) in [6.07, 6.45) is -1.06. The zero-order valence-electron chi connectivity index (χ0n) is 23.4. The van der Waals surface area contributed by atoms with Crippen molar-refractivity contribution in [1.82, 2.24) is 10.2 Å². The molecular formula is C32H30F4N2O3S. The number of amides is 1. The molecule has 1 fully saturated rings. The molecule has 42 heavy (non-hydrogen) atoms. The fraction of sp³-hybridized carbons (Fsp3) is 0.312. The molecular weight excluding hydrogens is 568 g/mol. The number of rotatable bonds is 5. The van der Waals surface area contributed by atoms with Crippen LogP contribution in [-0.2, 0) is 11.3 Å². The number of likely N-dealkylation sites (tertiary alicyclic amines) is 1. The third-order valence-corrected chi connectivity index (χ3v) is 7.44. The summed E-state index contributed by atoms with van der Waals surface area (Å²) in [6.45, 7) is 5.71. The summed E-state index contributed by atoms with van der Waals surface area (Å²) in [7, 11) is 0. The van der Waals surface area contributed by atoms with E-state index in [4.69, 9.17) is 21.4 Å². The second-order valence-corrected chi connectivity index (χ2v) is 11.7. The number of fused-ring (bicyclic) bond motifs is 1. The Labute approximate surface area is 246 Å². The van der Waals surface area contributed by atoms with Gasteiger partial charge in [0.2, 0.25) is 0 Å². The van der Waals surface area contributed by atoms with Gasteiger partial charge >= 0.3 is 6.09 Å². The lowest BCUT2D eigenvalue weighted by Crippen LogP contribution is -2.42. The molecule has 1 aliphatic rings. The maximum atomic E-state index is 15.0. The first-order chi connectivity index (χ1) is 19.8. The van der Waals surface area contributed by atoms with Crippen molar-refractivity contribution in [2.75, 3.05) is 13.1 Å². The number of thiocarbonyl (C=S) groups is 1. The zero-order valence-corrected chi connectivity index (χ0v) is 24.2. The molecule has 1 aliphatic heterocycles. The van der Waals surface area contributed by atoms with Gasteiger partial charge in [-0.3, -0.25) is 0 Å². The van der Waals surface area contributed by atoms with E-state index in [0.717, 1.165) is 22.8 Å². The van der Waals surface area contributed by atoms with Crippen LogP contribution in [-0.4, -0.2) is 40.6 Å². The molecule has 2 heterocycles. The summed E-state index contributed by atoms with van der Waals surface area (Å²) in [5.41, 5.74) is 2.56. The number of alkyl halides is 2. The Bertz CT molecular complexity index is 1630. The number of hydrogen-bond donors (Lipinski definition) is 1. The fourth-order valence-electron chi connectivity index (χ4n) is 4.87. The average Bonchev–Trinajstić information content (AvgIpc) is 3.34. The minimum atomic E-state index is -2.66. The summed E-state index contributed by atoms with van der Waals surface area (Å²) in [5, 5.41) is 3.31. The smallest absolute Gasteiger partial charge is 0.408 e. The van der Waals surface area contributed by atoms with E-state index >= 15 is 0 Å². The first-order valence-electron chi connectivity index (χ1n) is 13.5. The number of nitrogens with zero attached hydrogens (tertiary/aromatic N) is 1. The molecule has 0 spiro atoms. The maximum Gasteiger partial charge on any atom is 0.408 e. The van der Waals surface area contributed by atoms with Crippen LogP contribution in [0.4, 0.5) is 22.4 Å². The largest absolute Gasteiger partial charge is 0.459 e. The summed E-state index contributed by atoms with van der Waals surface area (Å²) in [4.78, 5) is 14.5. The van der Waals surface area contributed by atoms with Gasteiger partial charge in [0.25, 0.3) is 5.92 Å². The summed E-state index contributed by atoms with van der Waals surface area (Å²) in [6, 6.07) is 16.1. The highest BCUT2D eigenvalue weighted by Crippen LogP contribution is 2.37. The molecule has 0 aliphatic carbocycles. The number of piperidine rings is 1. The zero-order chi connectivity index (χ0) is 30.2. The van der Waals surface area contributed by atoms with Crippen molar-refractivity contribution in [1.29, 1.82) is 0 Å². The quantitative estimate of drug-likeness (QED) is 0.185. The molecule has 0 unspecified atom stereocenters. The lowest BCUT2D eigenvalue weighted by Gasteiger charge is -2.33. The molecule has 0 saturated carbocycles. The van der Waals surface area contributed by atoms with Crippen molar-refractivity contribution in [3.8, 4) is 22.3 Å². The number of ether oxygens (including phenoxy) is 1. The molecule has 1 amide bonds. The average molecular weight is 599 g/mol. The Morgan fingerprint density at radius 3 is 2.31 bits per heavy atom. The Hall–Kier alpha value is -3.92. The standard InChI is InChI=1S/C32H30F4N2O3S/c1-31(2,3)41-30(39)37-18-24-15-22-14-21(16-26(28(22)40-24)25-9-8-23(33)17-27(25)34)19-4-6-20(7-5-19)29(42)38-12-10-32(35,36)11-13-38/h4-9,14-17H,10-13,18H2,1-3H3,(H,37,39). The third-order valence-electron chi connectivity index (χ3n) is 6.94. The number of nitrogens with one attached hydrogen (secondary N) is 1. The van der Waals surface area contributed by atoms with E-state index in [1.165, 1.54) is 12.1 Å². The van der Waals surface area contributed by atoms with Crippen LogP contribution >= 0.6 is 12.2 Å². The molecule has 1 aromatic heterocycles. The summed E-state index contributed by atoms with van der Waals surface area (Å²) >= 11 is 5.58. The first kappa shape index (κ1) is 29.6. The normalized spacial score (nSPS) is 15.1. The Morgan fingerprint density at radius 2 is 1.67 bits per heavy atom. The minimum absolute atomic E-state index is 0.0405. The molecule has 5 rings (SSSR count). The van der Waals surface area contributed by atoms with E-state index in [9.17, 15) is 22.4 Å². The minimum Gasteiger partial charge on any atom is -0.459 e. The van der Waals surface area contributed by atoms with Gasteiger partial charge in [0.15, 0.2) is 0 Å². The van der Waals surface area contributed by atoms with Crippen LogP contribution in [0.1, 0.15) is 44.9 Å². The highest BCUT2D eigenvalue weighted by molar-refractivity contribution is 7.80. The highest BCUT2D eigenvalue weighted by Gasteiger charge is 2.34. The van der Waals surface area contributed by atoms with Crippen LogP contribution in [0.5, 0.6) is 0 Å². The lowest BCUT2D eigenvalue weighted by atomic mass is 9.95. The van der Waals surface area contributed by atoms with Gasteiger partial charge in [-0.05, 0) is 62.2 Å². The number of halogens is 4. The number of furan rings is 1. The molecule has 0 radical (unpaired) electrons. The topological polar surface area (TPSA) is 54.7 Å². The van der Waals surface area contributed by atoms with Gasteiger partial charge in [-0.15, -0.1) is 0 Å². The number of carbonyl (C=O) groups excluding carboxylic acids is 1. The fourth-order valence-corrected chi connectivity index (χ4v) is 5.19. The predicted molar refractivity (Wildman–Crippen MR) is 158 cm³/mol. The number of alkyl carbamates (subject to hydrolysis) is 1. The van der Waals surface area contributed by atoms with Crippen LogP contribution in [0, 0.1) is 11.6 Å². The molecule has 5 nitrogen and oxygen atoms in total. The van der Waals surface area contributed by atoms with E-state index < -0.39 is 29.3 Å². The lowest BCUT2D eigenvalue weighted by molar-refractivity contribution is -0.0430. The van der Waals surface area contributed by atoms with Crippen LogP contribution in [0.3, 0.4) is 0 Å². The molecule has 0 bridgehead atoms. The molecule has 10 heteroatoms. The van der Waals surface area contributed by atoms with Crippen molar-refractivity contribution >= 4 is 34.3 Å². The van der Waals surface area contributed by atoms with Gasteiger partial charge in [0, 0.05) is 54.1 Å². The molecule has 3 aromatic carbocycles. The van der Waals surface area contributed by atoms with Gasteiger partial charge in [0.1, 0.15) is 33.6 Å². The van der Waals surface area contributed by atoms with Gasteiger partial charge in [-0.25, -0.2) is 22.4 Å². The van der Waals surface area contributed by atoms with Crippen LogP contribution in [0.15, 0.2) is 65.1 Å². The van der Waals surface area contributed by atoms with Crippen molar-refractivity contribution in [2.24, 2.45) is 0 Å². The molecule has 1 saturated heterocycles. The Balaban J connectivity index is 1.46. The summed E-state index contributed by atoms with van der Waals surface area (Å²) < 4.78 is 67.2. The number of carbonyl (C=O) groups is 1. The summed E-state index contributed by atoms with van der Waals surface area (Å²) in [5.74, 6) is -3.68. The van der Waals surface area contributed by atoms with E-state index in [1.54, 1.807) is 37.8 Å². The number of hydrogen-bond acceptors (Lipinski definition) is 4. The number of benzene rings is 3. The van der Waals surface area contributed by atoms with Gasteiger partial charge < -0.3 is 19.4 Å². The van der Waals surface area contributed by atoms with Crippen molar-refractivity contribution in [3.05, 3.63) is 83.6 Å². The van der Waals surface area contributed by atoms with Gasteiger partial charge in [-0.1, -0.05) is 36.5 Å². The van der Waals surface area contributed by atoms with E-state index in [0.29, 0.717) is 27.3 Å².